The van der Waals surface area contributed by atoms with Crippen molar-refractivity contribution in [1.29, 1.82) is 0 Å². The highest BCUT2D eigenvalue weighted by Crippen LogP contribution is 2.31. The van der Waals surface area contributed by atoms with E-state index in [1.54, 1.807) is 11.3 Å². The SMILES string of the molecule is Cc1cccc(N=Cc2cccs2)c1O[Si](C)C.[H+]. The monoisotopic (exact) mass is 275 g/mol. The van der Waals surface area contributed by atoms with Gasteiger partial charge in [-0.2, -0.15) is 0 Å². The molecule has 2 aromatic rings. The van der Waals surface area contributed by atoms with Crippen LogP contribution in [0.4, 0.5) is 5.69 Å². The largest absolute Gasteiger partial charge is 1.00 e. The van der Waals surface area contributed by atoms with Crippen molar-refractivity contribution < 1.29 is 5.85 Å². The van der Waals surface area contributed by atoms with E-state index in [1.807, 2.05) is 29.8 Å². The first-order valence-electron chi connectivity index (χ1n) is 5.82. The van der Waals surface area contributed by atoms with Gasteiger partial charge in [-0.3, -0.25) is 4.99 Å². The van der Waals surface area contributed by atoms with Crippen LogP contribution in [0.5, 0.6) is 5.75 Å². The summed E-state index contributed by atoms with van der Waals surface area (Å²) >= 11 is 1.68. The van der Waals surface area contributed by atoms with Crippen molar-refractivity contribution >= 4 is 32.3 Å². The minimum atomic E-state index is -0.774. The van der Waals surface area contributed by atoms with Crippen LogP contribution in [0, 0.1) is 6.92 Å². The first-order valence-corrected chi connectivity index (χ1v) is 9.11. The van der Waals surface area contributed by atoms with Gasteiger partial charge in [0.15, 0.2) is 0 Å². The molecule has 4 heteroatoms. The van der Waals surface area contributed by atoms with Gasteiger partial charge >= 0.3 is 1.43 Å². The molecular weight excluding hydrogens is 258 g/mol. The van der Waals surface area contributed by atoms with Crippen LogP contribution in [0.25, 0.3) is 0 Å². The number of nitrogens with zero attached hydrogens (tertiary/aromatic N) is 1. The maximum Gasteiger partial charge on any atom is 1.00 e. The molecule has 2 rings (SSSR count). The number of benzene rings is 1. The van der Waals surface area contributed by atoms with E-state index in [1.165, 1.54) is 0 Å². The van der Waals surface area contributed by atoms with Gasteiger partial charge in [0.05, 0.1) is 0 Å². The summed E-state index contributed by atoms with van der Waals surface area (Å²) in [6.45, 7) is 6.32. The van der Waals surface area contributed by atoms with Crippen LogP contribution in [0.1, 0.15) is 11.9 Å². The van der Waals surface area contributed by atoms with Crippen molar-refractivity contribution in [1.82, 2.24) is 0 Å². The molecule has 18 heavy (non-hydrogen) atoms. The number of aliphatic imine (C=N–C) groups is 1. The molecule has 0 saturated carbocycles. The van der Waals surface area contributed by atoms with E-state index in [4.69, 9.17) is 4.43 Å². The zero-order chi connectivity index (χ0) is 13.0. The van der Waals surface area contributed by atoms with Gasteiger partial charge in [0.25, 0.3) is 9.04 Å². The lowest BCUT2D eigenvalue weighted by atomic mass is 10.2. The smallest absolute Gasteiger partial charge is 0.541 e. The van der Waals surface area contributed by atoms with Crippen LogP contribution in [0.2, 0.25) is 13.1 Å². The molecule has 1 heterocycles. The average molecular weight is 275 g/mol. The Labute approximate surface area is 115 Å². The molecule has 0 bridgehead atoms. The standard InChI is InChI=1S/C14H16NOSSi/c1-11-6-4-8-13(14(11)16-18(2)3)15-10-12-7-5-9-17-12/h4-10H,1-3H3/p+1. The van der Waals surface area contributed by atoms with Crippen molar-refractivity contribution in [3.63, 3.8) is 0 Å². The molecule has 0 saturated heterocycles. The van der Waals surface area contributed by atoms with Crippen molar-refractivity contribution in [3.05, 3.63) is 46.2 Å². The van der Waals surface area contributed by atoms with E-state index >= 15 is 0 Å². The number of rotatable bonds is 4. The normalized spacial score (nSPS) is 11.3. The van der Waals surface area contributed by atoms with Crippen molar-refractivity contribution in [3.8, 4) is 5.75 Å². The Balaban J connectivity index is 0.00000180. The Hall–Kier alpha value is -1.39. The number of hydrogen-bond acceptors (Lipinski definition) is 3. The first-order chi connectivity index (χ1) is 8.66. The molecule has 0 aliphatic carbocycles. The van der Waals surface area contributed by atoms with E-state index in [0.717, 1.165) is 21.9 Å². The Bertz CT molecular complexity index is 540. The third-order valence-corrected chi connectivity index (χ3v) is 3.79. The molecule has 0 N–H and O–H groups in total. The lowest BCUT2D eigenvalue weighted by Crippen LogP contribution is -2.12. The highest BCUT2D eigenvalue weighted by atomic mass is 32.1. The molecule has 1 aromatic heterocycles. The van der Waals surface area contributed by atoms with E-state index in [9.17, 15) is 0 Å². The maximum atomic E-state index is 5.94. The van der Waals surface area contributed by atoms with Crippen LogP contribution in [-0.4, -0.2) is 15.3 Å². The molecule has 1 aromatic carbocycles. The molecule has 0 spiro atoms. The highest BCUT2D eigenvalue weighted by Gasteiger charge is 2.08. The summed E-state index contributed by atoms with van der Waals surface area (Å²) in [7, 11) is -0.774. The molecule has 93 valence electrons. The molecule has 0 fully saturated rings. The fourth-order valence-corrected chi connectivity index (χ4v) is 2.83. The summed E-state index contributed by atoms with van der Waals surface area (Å²) in [5, 5.41) is 2.05. The van der Waals surface area contributed by atoms with Crippen LogP contribution in [0.3, 0.4) is 0 Å². The van der Waals surface area contributed by atoms with Gasteiger partial charge in [0, 0.05) is 11.1 Å². The summed E-state index contributed by atoms with van der Waals surface area (Å²) < 4.78 is 5.94. The van der Waals surface area contributed by atoms with Gasteiger partial charge in [0.2, 0.25) is 0 Å². The van der Waals surface area contributed by atoms with Crippen LogP contribution in [0.15, 0.2) is 40.7 Å². The predicted octanol–water partition coefficient (Wildman–Crippen LogP) is 4.55. The summed E-state index contributed by atoms with van der Waals surface area (Å²) in [5.41, 5.74) is 2.05. The van der Waals surface area contributed by atoms with Crippen LogP contribution in [-0.2, 0) is 0 Å². The predicted molar refractivity (Wildman–Crippen MR) is 82.0 cm³/mol. The number of aryl methyl sites for hydroxylation is 1. The molecule has 0 atom stereocenters. The first kappa shape index (κ1) is 13.0. The number of thiophene rings is 1. The van der Waals surface area contributed by atoms with Gasteiger partial charge in [-0.25, -0.2) is 0 Å². The molecule has 0 amide bonds. The van der Waals surface area contributed by atoms with E-state index < -0.39 is 9.04 Å². The molecule has 0 aliphatic heterocycles. The summed E-state index contributed by atoms with van der Waals surface area (Å²) in [5.74, 6) is 0.921. The van der Waals surface area contributed by atoms with E-state index in [0.29, 0.717) is 0 Å². The third-order valence-electron chi connectivity index (χ3n) is 2.37. The molecule has 0 aliphatic rings. The lowest BCUT2D eigenvalue weighted by Gasteiger charge is -2.13. The zero-order valence-corrected chi connectivity index (χ0v) is 12.6. The fourth-order valence-electron chi connectivity index (χ4n) is 1.57. The van der Waals surface area contributed by atoms with Crippen molar-refractivity contribution in [2.75, 3.05) is 0 Å². The second-order valence-corrected chi connectivity index (χ2v) is 7.21. The Morgan fingerprint density at radius 2 is 2.11 bits per heavy atom. The second kappa shape index (κ2) is 5.98. The quantitative estimate of drug-likeness (QED) is 0.592. The highest BCUT2D eigenvalue weighted by molar-refractivity contribution is 7.11. The second-order valence-electron chi connectivity index (χ2n) is 4.21. The molecule has 0 unspecified atom stereocenters. The van der Waals surface area contributed by atoms with Gasteiger partial charge in [0.1, 0.15) is 11.4 Å². The minimum absolute atomic E-state index is 0. The van der Waals surface area contributed by atoms with Gasteiger partial charge in [-0.05, 0) is 43.1 Å². The summed E-state index contributed by atoms with van der Waals surface area (Å²) in [4.78, 5) is 5.69. The third kappa shape index (κ3) is 3.30. The van der Waals surface area contributed by atoms with Gasteiger partial charge in [-0.1, -0.05) is 18.2 Å². The number of para-hydroxylation sites is 1. The zero-order valence-electron chi connectivity index (χ0n) is 11.8. The van der Waals surface area contributed by atoms with E-state index in [2.05, 4.69) is 37.1 Å². The fraction of sp³-hybridized carbons (Fsp3) is 0.214. The topological polar surface area (TPSA) is 21.6 Å². The van der Waals surface area contributed by atoms with Gasteiger partial charge in [-0.15, -0.1) is 11.3 Å². The van der Waals surface area contributed by atoms with Crippen molar-refractivity contribution in [2.45, 2.75) is 20.0 Å². The Kier molecular flexibility index (Phi) is 4.33. The van der Waals surface area contributed by atoms with Gasteiger partial charge < -0.3 is 4.43 Å². The van der Waals surface area contributed by atoms with E-state index in [-0.39, 0.29) is 1.43 Å². The van der Waals surface area contributed by atoms with Crippen LogP contribution >= 0.6 is 11.3 Å². The summed E-state index contributed by atoms with van der Waals surface area (Å²) in [6.07, 6.45) is 1.89. The number of hydrogen-bond donors (Lipinski definition) is 0. The molecular formula is C14H17NOSSi+. The molecule has 1 radical (unpaired) electrons. The Morgan fingerprint density at radius 1 is 1.28 bits per heavy atom. The average Bonchev–Trinajstić information content (AvgIpc) is 2.82. The van der Waals surface area contributed by atoms with Crippen molar-refractivity contribution in [2.24, 2.45) is 4.99 Å². The maximum absolute atomic E-state index is 5.94. The lowest BCUT2D eigenvalue weighted by molar-refractivity contribution is 0.577. The molecule has 2 nitrogen and oxygen atoms in total. The summed E-state index contributed by atoms with van der Waals surface area (Å²) in [6, 6.07) is 10.2. The minimum Gasteiger partial charge on any atom is -0.541 e. The Morgan fingerprint density at radius 3 is 2.78 bits per heavy atom. The van der Waals surface area contributed by atoms with Crippen LogP contribution < -0.4 is 4.43 Å².